The minimum Gasteiger partial charge on any atom is -0.393 e. The lowest BCUT2D eigenvalue weighted by atomic mass is 9.96. The molecular formula is C14H19N3O4. The van der Waals surface area contributed by atoms with E-state index in [4.69, 9.17) is 0 Å². The third-order valence-electron chi connectivity index (χ3n) is 3.86. The van der Waals surface area contributed by atoms with Gasteiger partial charge in [-0.15, -0.1) is 0 Å². The molecule has 0 bridgehead atoms. The van der Waals surface area contributed by atoms with Crippen LogP contribution >= 0.6 is 0 Å². The smallest absolute Gasteiger partial charge is 0.292 e. The maximum absolute atomic E-state index is 12.4. The minimum atomic E-state index is -0.487. The number of anilines is 1. The molecule has 1 fully saturated rings. The summed E-state index contributed by atoms with van der Waals surface area (Å²) in [5, 5.41) is 23.3. The van der Waals surface area contributed by atoms with Gasteiger partial charge in [0.1, 0.15) is 5.69 Å². The van der Waals surface area contributed by atoms with E-state index in [2.05, 4.69) is 5.32 Å². The Morgan fingerprint density at radius 1 is 1.52 bits per heavy atom. The van der Waals surface area contributed by atoms with Gasteiger partial charge < -0.3 is 15.3 Å². The van der Waals surface area contributed by atoms with Crippen molar-refractivity contribution in [2.45, 2.75) is 19.4 Å². The molecule has 1 heterocycles. The highest BCUT2D eigenvalue weighted by molar-refractivity contribution is 5.96. The highest BCUT2D eigenvalue weighted by atomic mass is 16.6. The molecule has 1 aliphatic heterocycles. The summed E-state index contributed by atoms with van der Waals surface area (Å²) in [6.45, 7) is 2.89. The van der Waals surface area contributed by atoms with E-state index < -0.39 is 4.92 Å². The summed E-state index contributed by atoms with van der Waals surface area (Å²) in [7, 11) is 1.58. The van der Waals surface area contributed by atoms with Crippen molar-refractivity contribution in [3.63, 3.8) is 0 Å². The number of nitro groups is 1. The van der Waals surface area contributed by atoms with Gasteiger partial charge in [-0.3, -0.25) is 14.9 Å². The van der Waals surface area contributed by atoms with Gasteiger partial charge in [-0.05, 0) is 24.5 Å². The highest BCUT2D eigenvalue weighted by Gasteiger charge is 2.28. The maximum Gasteiger partial charge on any atom is 0.292 e. The summed E-state index contributed by atoms with van der Waals surface area (Å²) in [4.78, 5) is 24.5. The average Bonchev–Trinajstić information content (AvgIpc) is 2.48. The van der Waals surface area contributed by atoms with Crippen LogP contribution in [0.2, 0.25) is 0 Å². The van der Waals surface area contributed by atoms with Crippen LogP contribution in [0.5, 0.6) is 0 Å². The van der Waals surface area contributed by atoms with Crippen molar-refractivity contribution in [1.82, 2.24) is 4.90 Å². The number of amides is 1. The van der Waals surface area contributed by atoms with Crippen LogP contribution < -0.4 is 5.32 Å². The summed E-state index contributed by atoms with van der Waals surface area (Å²) >= 11 is 0. The van der Waals surface area contributed by atoms with Crippen LogP contribution in [-0.2, 0) is 0 Å². The summed E-state index contributed by atoms with van der Waals surface area (Å²) in [5.41, 5.74) is 0.668. The first-order chi connectivity index (χ1) is 9.93. The molecule has 114 valence electrons. The summed E-state index contributed by atoms with van der Waals surface area (Å²) in [6, 6.07) is 4.30. The van der Waals surface area contributed by atoms with Crippen molar-refractivity contribution in [3.05, 3.63) is 33.9 Å². The van der Waals surface area contributed by atoms with Gasteiger partial charge in [-0.2, -0.15) is 0 Å². The van der Waals surface area contributed by atoms with Crippen molar-refractivity contribution in [2.24, 2.45) is 5.92 Å². The number of hydrogen-bond donors (Lipinski definition) is 2. The number of nitrogens with one attached hydrogen (secondary N) is 1. The first-order valence-corrected chi connectivity index (χ1v) is 6.87. The van der Waals surface area contributed by atoms with E-state index >= 15 is 0 Å². The van der Waals surface area contributed by atoms with Crippen molar-refractivity contribution in [3.8, 4) is 0 Å². The largest absolute Gasteiger partial charge is 0.393 e. The number of carbonyl (C=O) groups excluding carboxylic acids is 1. The second kappa shape index (κ2) is 6.09. The van der Waals surface area contributed by atoms with Gasteiger partial charge >= 0.3 is 0 Å². The molecule has 1 aromatic carbocycles. The summed E-state index contributed by atoms with van der Waals surface area (Å²) in [5.74, 6) is -0.135. The van der Waals surface area contributed by atoms with Gasteiger partial charge in [0.15, 0.2) is 0 Å². The number of piperidine rings is 1. The van der Waals surface area contributed by atoms with Gasteiger partial charge in [0.25, 0.3) is 11.6 Å². The predicted molar refractivity (Wildman–Crippen MR) is 78.3 cm³/mol. The van der Waals surface area contributed by atoms with Crippen LogP contribution in [0.25, 0.3) is 0 Å². The highest BCUT2D eigenvalue weighted by Crippen LogP contribution is 2.26. The molecule has 7 nitrogen and oxygen atoms in total. The van der Waals surface area contributed by atoms with Crippen molar-refractivity contribution >= 4 is 17.3 Å². The molecule has 1 aliphatic rings. The molecule has 0 spiro atoms. The lowest BCUT2D eigenvalue weighted by Crippen LogP contribution is -2.44. The zero-order valence-electron chi connectivity index (χ0n) is 12.1. The van der Waals surface area contributed by atoms with Gasteiger partial charge in [0, 0.05) is 31.8 Å². The fourth-order valence-electron chi connectivity index (χ4n) is 2.53. The zero-order chi connectivity index (χ0) is 15.6. The molecule has 1 aromatic rings. The van der Waals surface area contributed by atoms with Crippen LogP contribution in [0.1, 0.15) is 23.7 Å². The van der Waals surface area contributed by atoms with Crippen molar-refractivity contribution < 1.29 is 14.8 Å². The lowest BCUT2D eigenvalue weighted by Gasteiger charge is -2.34. The van der Waals surface area contributed by atoms with E-state index in [1.54, 1.807) is 11.9 Å². The van der Waals surface area contributed by atoms with E-state index in [9.17, 15) is 20.0 Å². The number of benzene rings is 1. The SMILES string of the molecule is CNc1cc(C(=O)N2CCC(O)C(C)C2)ccc1[N+](=O)[O-]. The first-order valence-electron chi connectivity index (χ1n) is 6.87. The van der Waals surface area contributed by atoms with Crippen LogP contribution in [0, 0.1) is 16.0 Å². The Labute approximate surface area is 122 Å². The molecular weight excluding hydrogens is 274 g/mol. The second-order valence-electron chi connectivity index (χ2n) is 5.32. The number of likely N-dealkylation sites (tertiary alicyclic amines) is 1. The molecule has 0 saturated carbocycles. The topological polar surface area (TPSA) is 95.7 Å². The quantitative estimate of drug-likeness (QED) is 0.650. The van der Waals surface area contributed by atoms with E-state index in [1.165, 1.54) is 18.2 Å². The number of aliphatic hydroxyl groups excluding tert-OH is 1. The minimum absolute atomic E-state index is 0.0320. The van der Waals surface area contributed by atoms with Gasteiger partial charge in [0.05, 0.1) is 11.0 Å². The van der Waals surface area contributed by atoms with Crippen LogP contribution in [0.15, 0.2) is 18.2 Å². The molecule has 0 aliphatic carbocycles. The number of hydrogen-bond acceptors (Lipinski definition) is 5. The first kappa shape index (κ1) is 15.2. The monoisotopic (exact) mass is 293 g/mol. The van der Waals surface area contributed by atoms with E-state index in [0.29, 0.717) is 30.8 Å². The van der Waals surface area contributed by atoms with E-state index in [1.807, 2.05) is 6.92 Å². The fourth-order valence-corrected chi connectivity index (χ4v) is 2.53. The third-order valence-corrected chi connectivity index (χ3v) is 3.86. The Hall–Kier alpha value is -2.15. The van der Waals surface area contributed by atoms with Crippen LogP contribution in [-0.4, -0.2) is 47.1 Å². The standard InChI is InChI=1S/C14H19N3O4/c1-9-8-16(6-5-13(9)18)14(19)10-3-4-12(17(20)21)11(7-10)15-2/h3-4,7,9,13,15,18H,5-6,8H2,1-2H3. The van der Waals surface area contributed by atoms with Gasteiger partial charge in [0.2, 0.25) is 0 Å². The fraction of sp³-hybridized carbons (Fsp3) is 0.500. The number of rotatable bonds is 3. The van der Waals surface area contributed by atoms with Crippen LogP contribution in [0.3, 0.4) is 0 Å². The zero-order valence-corrected chi connectivity index (χ0v) is 12.1. The molecule has 7 heteroatoms. The molecule has 0 radical (unpaired) electrons. The Balaban J connectivity index is 2.22. The number of aliphatic hydroxyl groups is 1. The van der Waals surface area contributed by atoms with Gasteiger partial charge in [-0.1, -0.05) is 6.92 Å². The molecule has 2 N–H and O–H groups in total. The second-order valence-corrected chi connectivity index (χ2v) is 5.32. The molecule has 2 atom stereocenters. The third kappa shape index (κ3) is 3.13. The predicted octanol–water partition coefficient (Wildman–Crippen LogP) is 1.48. The molecule has 2 unspecified atom stereocenters. The molecule has 1 amide bonds. The normalized spacial score (nSPS) is 22.0. The average molecular weight is 293 g/mol. The summed E-state index contributed by atoms with van der Waals surface area (Å²) < 4.78 is 0. The number of nitrogens with zero attached hydrogens (tertiary/aromatic N) is 2. The summed E-state index contributed by atoms with van der Waals surface area (Å²) in [6.07, 6.45) is 0.178. The molecule has 21 heavy (non-hydrogen) atoms. The van der Waals surface area contributed by atoms with E-state index in [-0.39, 0.29) is 23.6 Å². The van der Waals surface area contributed by atoms with E-state index in [0.717, 1.165) is 0 Å². The van der Waals surface area contributed by atoms with Crippen LogP contribution in [0.4, 0.5) is 11.4 Å². The van der Waals surface area contributed by atoms with Crippen molar-refractivity contribution in [2.75, 3.05) is 25.5 Å². The number of carbonyl (C=O) groups is 1. The molecule has 1 saturated heterocycles. The maximum atomic E-state index is 12.4. The Morgan fingerprint density at radius 3 is 2.81 bits per heavy atom. The Morgan fingerprint density at radius 2 is 2.24 bits per heavy atom. The molecule has 0 aromatic heterocycles. The molecule has 2 rings (SSSR count). The van der Waals surface area contributed by atoms with Gasteiger partial charge in [-0.25, -0.2) is 0 Å². The van der Waals surface area contributed by atoms with Crippen molar-refractivity contribution in [1.29, 1.82) is 0 Å². The lowest BCUT2D eigenvalue weighted by molar-refractivity contribution is -0.383. The Kier molecular flexibility index (Phi) is 4.42. The number of nitro benzene ring substituents is 1. The Bertz CT molecular complexity index is 561.